The maximum atomic E-state index is 12.2. The van der Waals surface area contributed by atoms with Crippen LogP contribution < -0.4 is 10.6 Å². The number of hydrogen-bond acceptors (Lipinski definition) is 6. The van der Waals surface area contributed by atoms with Crippen molar-refractivity contribution in [2.24, 2.45) is 5.92 Å². The molecule has 7 heteroatoms. The number of aliphatic hydroxyl groups is 1. The van der Waals surface area contributed by atoms with Gasteiger partial charge in [0.1, 0.15) is 11.9 Å². The third-order valence-electron chi connectivity index (χ3n) is 4.55. The van der Waals surface area contributed by atoms with Crippen molar-refractivity contribution in [3.05, 3.63) is 53.5 Å². The van der Waals surface area contributed by atoms with Crippen LogP contribution in [-0.2, 0) is 4.79 Å². The summed E-state index contributed by atoms with van der Waals surface area (Å²) in [4.78, 5) is 20.4. The average molecular weight is 351 g/mol. The second kappa shape index (κ2) is 7.93. The van der Waals surface area contributed by atoms with Crippen LogP contribution in [0.2, 0.25) is 0 Å². The molecule has 1 heterocycles. The van der Waals surface area contributed by atoms with E-state index in [1.54, 1.807) is 6.20 Å². The van der Waals surface area contributed by atoms with E-state index >= 15 is 0 Å². The molecule has 134 valence electrons. The Morgan fingerprint density at radius 3 is 2.77 bits per heavy atom. The van der Waals surface area contributed by atoms with Gasteiger partial charge in [-0.05, 0) is 25.3 Å². The molecule has 1 atom stereocenters. The van der Waals surface area contributed by atoms with E-state index in [1.165, 1.54) is 0 Å². The molecular formula is C19H21N5O2. The van der Waals surface area contributed by atoms with Crippen molar-refractivity contribution in [1.29, 1.82) is 5.26 Å². The van der Waals surface area contributed by atoms with Crippen molar-refractivity contribution in [1.82, 2.24) is 15.3 Å². The van der Waals surface area contributed by atoms with E-state index in [-0.39, 0.29) is 29.8 Å². The molecule has 1 aliphatic carbocycles. The van der Waals surface area contributed by atoms with E-state index in [9.17, 15) is 9.90 Å². The fourth-order valence-electron chi connectivity index (χ4n) is 2.89. The molecule has 3 N–H and O–H groups in total. The minimum absolute atomic E-state index is 0.0462. The summed E-state index contributed by atoms with van der Waals surface area (Å²) in [6.45, 7) is 2.24. The number of nitrogens with one attached hydrogen (secondary N) is 2. The van der Waals surface area contributed by atoms with Crippen LogP contribution in [0.3, 0.4) is 0 Å². The van der Waals surface area contributed by atoms with E-state index in [4.69, 9.17) is 5.26 Å². The molecule has 0 spiro atoms. The Morgan fingerprint density at radius 2 is 2.12 bits per heavy atom. The van der Waals surface area contributed by atoms with Gasteiger partial charge in [0.15, 0.2) is 0 Å². The van der Waals surface area contributed by atoms with Crippen LogP contribution in [0.1, 0.15) is 35.8 Å². The van der Waals surface area contributed by atoms with Gasteiger partial charge in [-0.2, -0.15) is 5.26 Å². The second-order valence-corrected chi connectivity index (χ2v) is 6.51. The molecule has 1 saturated carbocycles. The van der Waals surface area contributed by atoms with Crippen LogP contribution in [0.15, 0.2) is 36.5 Å². The summed E-state index contributed by atoms with van der Waals surface area (Å²) >= 11 is 0. The third kappa shape index (κ3) is 4.16. The Labute approximate surface area is 152 Å². The Balaban J connectivity index is 1.74. The van der Waals surface area contributed by atoms with Gasteiger partial charge < -0.3 is 15.7 Å². The van der Waals surface area contributed by atoms with Crippen molar-refractivity contribution >= 4 is 11.7 Å². The molecular weight excluding hydrogens is 330 g/mol. The number of hydrogen-bond donors (Lipinski definition) is 3. The SMILES string of the molecule is Cc1cnc(C#N)nc1NC(CNC(=O)C1CC(O)C1)c1ccccc1. The first kappa shape index (κ1) is 17.8. The van der Waals surface area contributed by atoms with Gasteiger partial charge in [-0.15, -0.1) is 0 Å². The van der Waals surface area contributed by atoms with E-state index in [1.807, 2.05) is 43.3 Å². The number of anilines is 1. The van der Waals surface area contributed by atoms with Crippen molar-refractivity contribution in [2.75, 3.05) is 11.9 Å². The van der Waals surface area contributed by atoms with E-state index in [0.29, 0.717) is 25.2 Å². The van der Waals surface area contributed by atoms with E-state index < -0.39 is 0 Å². The lowest BCUT2D eigenvalue weighted by molar-refractivity contribution is -0.131. The average Bonchev–Trinajstić information content (AvgIpc) is 2.64. The fraction of sp³-hybridized carbons (Fsp3) is 0.368. The molecule has 26 heavy (non-hydrogen) atoms. The summed E-state index contributed by atoms with van der Waals surface area (Å²) in [6, 6.07) is 11.5. The molecule has 0 bridgehead atoms. The smallest absolute Gasteiger partial charge is 0.234 e. The molecule has 1 aliphatic rings. The Bertz CT molecular complexity index is 812. The Morgan fingerprint density at radius 1 is 1.38 bits per heavy atom. The molecule has 0 radical (unpaired) electrons. The number of aliphatic hydroxyl groups excluding tert-OH is 1. The molecule has 1 unspecified atom stereocenters. The number of aromatic nitrogens is 2. The predicted octanol–water partition coefficient (Wildman–Crippen LogP) is 1.70. The number of aryl methyl sites for hydroxylation is 1. The summed E-state index contributed by atoms with van der Waals surface area (Å²) < 4.78 is 0. The molecule has 2 aromatic rings. The van der Waals surface area contributed by atoms with Gasteiger partial charge >= 0.3 is 0 Å². The molecule has 1 fully saturated rings. The van der Waals surface area contributed by atoms with E-state index in [2.05, 4.69) is 20.6 Å². The van der Waals surface area contributed by atoms with Crippen molar-refractivity contribution in [3.8, 4) is 6.07 Å². The highest BCUT2D eigenvalue weighted by Gasteiger charge is 2.33. The summed E-state index contributed by atoms with van der Waals surface area (Å²) in [7, 11) is 0. The molecule has 1 aromatic carbocycles. The predicted molar refractivity (Wildman–Crippen MR) is 96.0 cm³/mol. The standard InChI is InChI=1S/C19H21N5O2/c1-12-10-21-17(9-20)24-18(12)23-16(13-5-3-2-4-6-13)11-22-19(26)14-7-15(25)8-14/h2-6,10,14-16,25H,7-8,11H2,1H3,(H,22,26)(H,21,23,24). The Hall–Kier alpha value is -2.98. The van der Waals surface area contributed by atoms with Gasteiger partial charge in [0.05, 0.1) is 12.1 Å². The molecule has 0 aliphatic heterocycles. The molecule has 1 amide bonds. The second-order valence-electron chi connectivity index (χ2n) is 6.51. The zero-order valence-electron chi connectivity index (χ0n) is 14.5. The van der Waals surface area contributed by atoms with Crippen LogP contribution in [0.5, 0.6) is 0 Å². The van der Waals surface area contributed by atoms with Gasteiger partial charge in [-0.25, -0.2) is 9.97 Å². The maximum absolute atomic E-state index is 12.2. The number of nitrogens with zero attached hydrogens (tertiary/aromatic N) is 3. The van der Waals surface area contributed by atoms with Gasteiger partial charge in [-0.1, -0.05) is 30.3 Å². The number of carbonyl (C=O) groups is 1. The zero-order chi connectivity index (χ0) is 18.5. The minimum atomic E-state index is -0.359. The van der Waals surface area contributed by atoms with Crippen molar-refractivity contribution < 1.29 is 9.90 Å². The highest BCUT2D eigenvalue weighted by atomic mass is 16.3. The fourth-order valence-corrected chi connectivity index (χ4v) is 2.89. The number of amides is 1. The lowest BCUT2D eigenvalue weighted by Gasteiger charge is -2.31. The third-order valence-corrected chi connectivity index (χ3v) is 4.55. The van der Waals surface area contributed by atoms with Crippen molar-refractivity contribution in [2.45, 2.75) is 31.9 Å². The first-order valence-electron chi connectivity index (χ1n) is 8.58. The largest absolute Gasteiger partial charge is 0.393 e. The van der Waals surface area contributed by atoms with Gasteiger partial charge in [0.2, 0.25) is 11.7 Å². The highest BCUT2D eigenvalue weighted by molar-refractivity contribution is 5.79. The molecule has 0 saturated heterocycles. The van der Waals surface area contributed by atoms with Crippen LogP contribution in [0, 0.1) is 24.2 Å². The van der Waals surface area contributed by atoms with Gasteiger partial charge in [0, 0.05) is 24.2 Å². The van der Waals surface area contributed by atoms with Crippen LogP contribution in [-0.4, -0.2) is 33.6 Å². The summed E-state index contributed by atoms with van der Waals surface area (Å²) in [5.74, 6) is 0.499. The number of rotatable bonds is 6. The summed E-state index contributed by atoms with van der Waals surface area (Å²) in [6.07, 6.45) is 2.28. The van der Waals surface area contributed by atoms with Crippen molar-refractivity contribution in [3.63, 3.8) is 0 Å². The Kier molecular flexibility index (Phi) is 5.44. The number of nitriles is 1. The van der Waals surface area contributed by atoms with Crippen LogP contribution in [0.4, 0.5) is 5.82 Å². The first-order valence-corrected chi connectivity index (χ1v) is 8.58. The van der Waals surface area contributed by atoms with E-state index in [0.717, 1.165) is 11.1 Å². The lowest BCUT2D eigenvalue weighted by atomic mass is 9.82. The number of carbonyl (C=O) groups excluding carboxylic acids is 1. The monoisotopic (exact) mass is 351 g/mol. The minimum Gasteiger partial charge on any atom is -0.393 e. The maximum Gasteiger partial charge on any atom is 0.234 e. The number of benzene rings is 1. The lowest BCUT2D eigenvalue weighted by Crippen LogP contribution is -2.43. The van der Waals surface area contributed by atoms with Gasteiger partial charge in [-0.3, -0.25) is 4.79 Å². The quantitative estimate of drug-likeness (QED) is 0.730. The molecule has 3 rings (SSSR count). The summed E-state index contributed by atoms with van der Waals surface area (Å²) in [5, 5.41) is 24.6. The normalized spacial score (nSPS) is 19.7. The van der Waals surface area contributed by atoms with Gasteiger partial charge in [0.25, 0.3) is 0 Å². The summed E-state index contributed by atoms with van der Waals surface area (Å²) in [5.41, 5.74) is 1.82. The zero-order valence-corrected chi connectivity index (χ0v) is 14.5. The first-order chi connectivity index (χ1) is 12.6. The molecule has 7 nitrogen and oxygen atoms in total. The topological polar surface area (TPSA) is 111 Å². The van der Waals surface area contributed by atoms with Crippen LogP contribution >= 0.6 is 0 Å². The molecule has 1 aromatic heterocycles. The van der Waals surface area contributed by atoms with Crippen LogP contribution in [0.25, 0.3) is 0 Å². The highest BCUT2D eigenvalue weighted by Crippen LogP contribution is 2.27.